The predicted octanol–water partition coefficient (Wildman–Crippen LogP) is 1.35. The molecule has 4 nitrogen and oxygen atoms in total. The Bertz CT molecular complexity index is 344. The number of nitrogens with zero attached hydrogens (tertiary/aromatic N) is 1. The van der Waals surface area contributed by atoms with Gasteiger partial charge < -0.3 is 5.73 Å². The van der Waals surface area contributed by atoms with Crippen LogP contribution < -0.4 is 11.2 Å². The molecule has 1 aromatic carbocycles. The first-order valence-corrected chi connectivity index (χ1v) is 4.09. The second-order valence-corrected chi connectivity index (χ2v) is 2.52. The topological polar surface area (TPSA) is 67.5 Å². The van der Waals surface area contributed by atoms with E-state index in [0.29, 0.717) is 0 Å². The molecule has 1 aromatic rings. The van der Waals surface area contributed by atoms with Gasteiger partial charge in [-0.2, -0.15) is 5.10 Å². The lowest BCUT2D eigenvalue weighted by Crippen LogP contribution is -2.24. The van der Waals surface area contributed by atoms with Crippen LogP contribution in [0.1, 0.15) is 5.56 Å². The van der Waals surface area contributed by atoms with E-state index in [1.807, 2.05) is 36.4 Å². The van der Waals surface area contributed by atoms with Crippen LogP contribution in [0.25, 0.3) is 6.08 Å². The van der Waals surface area contributed by atoms with Crippen LogP contribution in [0.4, 0.5) is 4.79 Å². The number of hydrogen-bond donors (Lipinski definition) is 2. The molecule has 0 unspecified atom stereocenters. The third kappa shape index (κ3) is 4.06. The number of hydrogen-bond acceptors (Lipinski definition) is 2. The lowest BCUT2D eigenvalue weighted by molar-refractivity contribution is 0.249. The van der Waals surface area contributed by atoms with Crippen molar-refractivity contribution in [1.29, 1.82) is 0 Å². The molecule has 0 radical (unpaired) electrons. The number of amides is 2. The Morgan fingerprint density at radius 2 is 2.07 bits per heavy atom. The van der Waals surface area contributed by atoms with Crippen LogP contribution >= 0.6 is 0 Å². The van der Waals surface area contributed by atoms with Crippen LogP contribution in [0.2, 0.25) is 0 Å². The Morgan fingerprint density at radius 3 is 2.71 bits per heavy atom. The minimum absolute atomic E-state index is 0.672. The second kappa shape index (κ2) is 5.53. The molecule has 0 atom stereocenters. The highest BCUT2D eigenvalue weighted by atomic mass is 16.2. The first-order chi connectivity index (χ1) is 6.79. The third-order valence-electron chi connectivity index (χ3n) is 1.42. The van der Waals surface area contributed by atoms with E-state index in [0.717, 1.165) is 5.56 Å². The van der Waals surface area contributed by atoms with Crippen LogP contribution in [0.5, 0.6) is 0 Å². The first kappa shape index (κ1) is 9.98. The molecule has 4 heteroatoms. The number of benzene rings is 1. The fraction of sp³-hybridized carbons (Fsp3) is 0. The summed E-state index contributed by atoms with van der Waals surface area (Å²) in [6.45, 7) is 0. The van der Waals surface area contributed by atoms with Gasteiger partial charge in [-0.15, -0.1) is 0 Å². The molecule has 0 aliphatic carbocycles. The van der Waals surface area contributed by atoms with Gasteiger partial charge in [0.1, 0.15) is 0 Å². The molecule has 1 rings (SSSR count). The second-order valence-electron chi connectivity index (χ2n) is 2.52. The minimum atomic E-state index is -0.672. The zero-order valence-electron chi connectivity index (χ0n) is 7.55. The Morgan fingerprint density at radius 1 is 1.36 bits per heavy atom. The molecular formula is C10H11N3O. The van der Waals surface area contributed by atoms with Gasteiger partial charge >= 0.3 is 6.03 Å². The molecule has 0 aliphatic rings. The molecule has 14 heavy (non-hydrogen) atoms. The quantitative estimate of drug-likeness (QED) is 0.547. The first-order valence-electron chi connectivity index (χ1n) is 4.09. The number of allylic oxidation sites excluding steroid dienone is 1. The van der Waals surface area contributed by atoms with Crippen molar-refractivity contribution in [2.24, 2.45) is 10.8 Å². The molecule has 0 fully saturated rings. The van der Waals surface area contributed by atoms with E-state index in [1.54, 1.807) is 6.08 Å². The lowest BCUT2D eigenvalue weighted by Gasteiger charge is -1.89. The van der Waals surface area contributed by atoms with Crippen molar-refractivity contribution >= 4 is 18.3 Å². The lowest BCUT2D eigenvalue weighted by atomic mass is 10.2. The minimum Gasteiger partial charge on any atom is -0.350 e. The van der Waals surface area contributed by atoms with Gasteiger partial charge in [0.25, 0.3) is 0 Å². The van der Waals surface area contributed by atoms with E-state index in [-0.39, 0.29) is 0 Å². The van der Waals surface area contributed by atoms with Gasteiger partial charge in [-0.25, -0.2) is 10.2 Å². The maximum atomic E-state index is 10.2. The summed E-state index contributed by atoms with van der Waals surface area (Å²) < 4.78 is 0. The molecule has 0 saturated heterocycles. The van der Waals surface area contributed by atoms with Crippen LogP contribution in [0, 0.1) is 0 Å². The molecule has 0 aliphatic heterocycles. The standard InChI is InChI=1S/C10H11N3O/c11-10(14)13-12-8-4-7-9-5-2-1-3-6-9/h1-8H,(H3,11,13,14)/b7-4+,12-8-. The largest absolute Gasteiger partial charge is 0.350 e. The van der Waals surface area contributed by atoms with Gasteiger partial charge in [0, 0.05) is 6.21 Å². The molecular weight excluding hydrogens is 178 g/mol. The van der Waals surface area contributed by atoms with Crippen LogP contribution in [-0.2, 0) is 0 Å². The summed E-state index contributed by atoms with van der Waals surface area (Å²) >= 11 is 0. The number of primary amides is 1. The van der Waals surface area contributed by atoms with Crippen LogP contribution in [-0.4, -0.2) is 12.2 Å². The molecule has 0 bridgehead atoms. The Hall–Kier alpha value is -2.10. The fourth-order valence-electron chi connectivity index (χ4n) is 0.862. The van der Waals surface area contributed by atoms with Gasteiger partial charge in [0.2, 0.25) is 0 Å². The summed E-state index contributed by atoms with van der Waals surface area (Å²) in [6.07, 6.45) is 5.04. The molecule has 0 aromatic heterocycles. The van der Waals surface area contributed by atoms with Crippen molar-refractivity contribution in [2.75, 3.05) is 0 Å². The van der Waals surface area contributed by atoms with E-state index < -0.39 is 6.03 Å². The molecule has 2 amide bonds. The number of carbonyl (C=O) groups is 1. The Balaban J connectivity index is 2.42. The number of nitrogens with one attached hydrogen (secondary N) is 1. The van der Waals surface area contributed by atoms with Crippen molar-refractivity contribution in [2.45, 2.75) is 0 Å². The fourth-order valence-corrected chi connectivity index (χ4v) is 0.862. The normalized spacial score (nSPS) is 10.9. The van der Waals surface area contributed by atoms with Crippen molar-refractivity contribution in [3.8, 4) is 0 Å². The number of urea groups is 1. The predicted molar refractivity (Wildman–Crippen MR) is 56.7 cm³/mol. The van der Waals surface area contributed by atoms with Crippen molar-refractivity contribution in [3.05, 3.63) is 42.0 Å². The maximum absolute atomic E-state index is 10.2. The van der Waals surface area contributed by atoms with Crippen LogP contribution in [0.15, 0.2) is 41.5 Å². The maximum Gasteiger partial charge on any atom is 0.332 e. The summed E-state index contributed by atoms with van der Waals surface area (Å²) in [5, 5.41) is 3.55. The van der Waals surface area contributed by atoms with Gasteiger partial charge in [0.15, 0.2) is 0 Å². The summed E-state index contributed by atoms with van der Waals surface area (Å²) in [5.41, 5.74) is 7.95. The zero-order chi connectivity index (χ0) is 10.2. The smallest absolute Gasteiger partial charge is 0.332 e. The average Bonchev–Trinajstić information content (AvgIpc) is 2.18. The van der Waals surface area contributed by atoms with Gasteiger partial charge in [-0.05, 0) is 11.6 Å². The number of hydrazone groups is 1. The van der Waals surface area contributed by atoms with Crippen molar-refractivity contribution in [1.82, 2.24) is 5.43 Å². The molecule has 3 N–H and O–H groups in total. The SMILES string of the molecule is NC(=O)N/N=C\C=C\c1ccccc1. The summed E-state index contributed by atoms with van der Waals surface area (Å²) in [4.78, 5) is 10.2. The highest BCUT2D eigenvalue weighted by molar-refractivity contribution is 5.80. The molecule has 72 valence electrons. The Kier molecular flexibility index (Phi) is 3.94. The molecule has 0 saturated carbocycles. The highest BCUT2D eigenvalue weighted by Crippen LogP contribution is 1.99. The number of rotatable bonds is 3. The van der Waals surface area contributed by atoms with Crippen LogP contribution in [0.3, 0.4) is 0 Å². The summed E-state index contributed by atoms with van der Waals surface area (Å²) in [5.74, 6) is 0. The van der Waals surface area contributed by atoms with Gasteiger partial charge in [0.05, 0.1) is 0 Å². The third-order valence-corrected chi connectivity index (χ3v) is 1.42. The van der Waals surface area contributed by atoms with E-state index in [4.69, 9.17) is 5.73 Å². The average molecular weight is 189 g/mol. The zero-order valence-corrected chi connectivity index (χ0v) is 7.55. The molecule has 0 spiro atoms. The number of nitrogens with two attached hydrogens (primary N) is 1. The van der Waals surface area contributed by atoms with Crippen molar-refractivity contribution in [3.63, 3.8) is 0 Å². The monoisotopic (exact) mass is 189 g/mol. The molecule has 0 heterocycles. The Labute approximate surface area is 82.1 Å². The number of carbonyl (C=O) groups excluding carboxylic acids is 1. The highest BCUT2D eigenvalue weighted by Gasteiger charge is 1.82. The summed E-state index contributed by atoms with van der Waals surface area (Å²) in [7, 11) is 0. The van der Waals surface area contributed by atoms with Gasteiger partial charge in [-0.3, -0.25) is 0 Å². The van der Waals surface area contributed by atoms with E-state index >= 15 is 0 Å². The van der Waals surface area contributed by atoms with Gasteiger partial charge in [-0.1, -0.05) is 36.4 Å². The van der Waals surface area contributed by atoms with E-state index in [2.05, 4.69) is 10.5 Å². The summed E-state index contributed by atoms with van der Waals surface area (Å²) in [6, 6.07) is 9.09. The van der Waals surface area contributed by atoms with E-state index in [1.165, 1.54) is 6.21 Å². The van der Waals surface area contributed by atoms with Crippen molar-refractivity contribution < 1.29 is 4.79 Å². The van der Waals surface area contributed by atoms with E-state index in [9.17, 15) is 4.79 Å².